The summed E-state index contributed by atoms with van der Waals surface area (Å²) in [4.78, 5) is 26.7. The van der Waals surface area contributed by atoms with Gasteiger partial charge in [0.2, 0.25) is 0 Å². The van der Waals surface area contributed by atoms with E-state index in [2.05, 4.69) is 18.7 Å². The molecule has 23 heavy (non-hydrogen) atoms. The summed E-state index contributed by atoms with van der Waals surface area (Å²) in [6, 6.07) is 2.31. The van der Waals surface area contributed by atoms with Gasteiger partial charge in [0, 0.05) is 26.7 Å². The lowest BCUT2D eigenvalue weighted by Crippen LogP contribution is -2.47. The topological polar surface area (TPSA) is 71.0 Å². The number of anilines is 1. The first-order chi connectivity index (χ1) is 10.9. The number of rotatable bonds is 4. The van der Waals surface area contributed by atoms with Crippen LogP contribution in [0.5, 0.6) is 0 Å². The second-order valence-corrected chi connectivity index (χ2v) is 6.83. The summed E-state index contributed by atoms with van der Waals surface area (Å²) in [6.07, 6.45) is 5.33. The fourth-order valence-corrected chi connectivity index (χ4v) is 3.37. The molecule has 0 aliphatic carbocycles. The smallest absolute Gasteiger partial charge is 0.332 e. The summed E-state index contributed by atoms with van der Waals surface area (Å²) in [5, 5.41) is 9.47. The maximum atomic E-state index is 12.3. The molecule has 0 radical (unpaired) electrons. The van der Waals surface area contributed by atoms with E-state index in [0.29, 0.717) is 11.7 Å². The van der Waals surface area contributed by atoms with E-state index in [0.717, 1.165) is 43.2 Å². The van der Waals surface area contributed by atoms with Crippen molar-refractivity contribution < 1.29 is 0 Å². The van der Waals surface area contributed by atoms with Crippen molar-refractivity contribution in [1.29, 1.82) is 5.26 Å². The van der Waals surface area contributed by atoms with Crippen LogP contribution in [0.1, 0.15) is 51.5 Å². The van der Waals surface area contributed by atoms with Crippen LogP contribution in [0, 0.1) is 17.2 Å². The van der Waals surface area contributed by atoms with E-state index in [1.807, 2.05) is 6.07 Å². The highest BCUT2D eigenvalue weighted by atomic mass is 16.2. The molecule has 0 amide bonds. The van der Waals surface area contributed by atoms with Gasteiger partial charge >= 0.3 is 5.69 Å². The number of hydrogen-bond donors (Lipinski definition) is 0. The first-order valence-corrected chi connectivity index (χ1v) is 8.35. The summed E-state index contributed by atoms with van der Waals surface area (Å²) in [7, 11) is 3.06. The number of piperidine rings is 1. The van der Waals surface area contributed by atoms with Crippen LogP contribution in [0.3, 0.4) is 0 Å². The number of aromatic nitrogens is 2. The molecule has 6 heteroatoms. The minimum Gasteiger partial charge on any atom is -0.354 e. The molecule has 1 aliphatic heterocycles. The summed E-state index contributed by atoms with van der Waals surface area (Å²) < 4.78 is 2.46. The van der Waals surface area contributed by atoms with Crippen molar-refractivity contribution >= 4 is 5.82 Å². The third kappa shape index (κ3) is 3.34. The van der Waals surface area contributed by atoms with Gasteiger partial charge in [-0.2, -0.15) is 5.26 Å². The van der Waals surface area contributed by atoms with Crippen LogP contribution in [0.25, 0.3) is 0 Å². The molecule has 126 valence electrons. The normalized spacial score (nSPS) is 18.3. The van der Waals surface area contributed by atoms with E-state index in [4.69, 9.17) is 0 Å². The van der Waals surface area contributed by atoms with Crippen molar-refractivity contribution in [2.75, 3.05) is 11.4 Å². The monoisotopic (exact) mass is 318 g/mol. The quantitative estimate of drug-likeness (QED) is 0.848. The fraction of sp³-hybridized carbons (Fsp3) is 0.706. The van der Waals surface area contributed by atoms with Crippen molar-refractivity contribution in [3.8, 4) is 6.07 Å². The average molecular weight is 318 g/mol. The minimum atomic E-state index is -0.501. The summed E-state index contributed by atoms with van der Waals surface area (Å²) in [5.74, 6) is 1.11. The zero-order valence-electron chi connectivity index (χ0n) is 14.5. The first-order valence-electron chi connectivity index (χ1n) is 8.35. The molecule has 1 atom stereocenters. The molecule has 1 saturated heterocycles. The van der Waals surface area contributed by atoms with Crippen molar-refractivity contribution in [3.05, 3.63) is 26.4 Å². The Labute approximate surface area is 137 Å². The van der Waals surface area contributed by atoms with Crippen LogP contribution < -0.4 is 16.1 Å². The molecule has 0 N–H and O–H groups in total. The van der Waals surface area contributed by atoms with Crippen LogP contribution in [0.2, 0.25) is 0 Å². The molecule has 1 fully saturated rings. The minimum absolute atomic E-state index is 0.0750. The molecule has 0 spiro atoms. The van der Waals surface area contributed by atoms with E-state index >= 15 is 0 Å². The highest BCUT2D eigenvalue weighted by molar-refractivity contribution is 5.54. The van der Waals surface area contributed by atoms with E-state index < -0.39 is 5.56 Å². The standard InChI is InChI=1S/C17H26N4O2/c1-12(2)8-9-13-7-5-6-10-21(13)15-14(11-18)16(22)20(4)17(23)19(15)3/h12-13H,5-10H2,1-4H3/t13-/m1/s1. The Kier molecular flexibility index (Phi) is 5.30. The summed E-state index contributed by atoms with van der Waals surface area (Å²) in [6.45, 7) is 5.18. The second kappa shape index (κ2) is 7.03. The lowest BCUT2D eigenvalue weighted by atomic mass is 9.94. The van der Waals surface area contributed by atoms with Gasteiger partial charge in [0.1, 0.15) is 11.9 Å². The number of hydrogen-bond acceptors (Lipinski definition) is 4. The molecule has 2 rings (SSSR count). The van der Waals surface area contributed by atoms with Crippen molar-refractivity contribution in [2.45, 2.75) is 52.0 Å². The van der Waals surface area contributed by atoms with E-state index in [-0.39, 0.29) is 17.3 Å². The van der Waals surface area contributed by atoms with Crippen LogP contribution >= 0.6 is 0 Å². The molecule has 0 aromatic carbocycles. The van der Waals surface area contributed by atoms with Gasteiger partial charge in [-0.25, -0.2) is 4.79 Å². The summed E-state index contributed by atoms with van der Waals surface area (Å²) in [5.41, 5.74) is -0.804. The van der Waals surface area contributed by atoms with Crippen molar-refractivity contribution in [2.24, 2.45) is 20.0 Å². The molecule has 0 bridgehead atoms. The third-order valence-corrected chi connectivity index (χ3v) is 4.72. The van der Waals surface area contributed by atoms with Crippen LogP contribution in [-0.2, 0) is 14.1 Å². The van der Waals surface area contributed by atoms with Gasteiger partial charge in [0.15, 0.2) is 5.56 Å². The van der Waals surface area contributed by atoms with Gasteiger partial charge in [0.05, 0.1) is 0 Å². The largest absolute Gasteiger partial charge is 0.354 e. The Hall–Kier alpha value is -2.03. The lowest BCUT2D eigenvalue weighted by Gasteiger charge is -2.39. The maximum Gasteiger partial charge on any atom is 0.332 e. The van der Waals surface area contributed by atoms with Gasteiger partial charge in [-0.05, 0) is 38.0 Å². The molecule has 2 heterocycles. The molecular formula is C17H26N4O2. The Morgan fingerprint density at radius 1 is 1.22 bits per heavy atom. The van der Waals surface area contributed by atoms with E-state index in [1.54, 1.807) is 7.05 Å². The average Bonchev–Trinajstić information content (AvgIpc) is 2.54. The zero-order chi connectivity index (χ0) is 17.1. The molecule has 0 unspecified atom stereocenters. The molecule has 1 aromatic rings. The molecule has 0 saturated carbocycles. The Morgan fingerprint density at radius 2 is 1.91 bits per heavy atom. The Balaban J connectivity index is 2.52. The Bertz CT molecular complexity index is 724. The molecular weight excluding hydrogens is 292 g/mol. The SMILES string of the molecule is CC(C)CC[C@H]1CCCCN1c1c(C#N)c(=O)n(C)c(=O)n1C. The lowest BCUT2D eigenvalue weighted by molar-refractivity contribution is 0.397. The number of nitriles is 1. The first kappa shape index (κ1) is 17.3. The highest BCUT2D eigenvalue weighted by Gasteiger charge is 2.28. The number of nitrogens with zero attached hydrogens (tertiary/aromatic N) is 4. The summed E-state index contributed by atoms with van der Waals surface area (Å²) >= 11 is 0. The van der Waals surface area contributed by atoms with E-state index in [9.17, 15) is 14.9 Å². The molecule has 6 nitrogen and oxygen atoms in total. The third-order valence-electron chi connectivity index (χ3n) is 4.72. The van der Waals surface area contributed by atoms with Gasteiger partial charge in [-0.1, -0.05) is 13.8 Å². The van der Waals surface area contributed by atoms with Crippen LogP contribution in [0.15, 0.2) is 9.59 Å². The second-order valence-electron chi connectivity index (χ2n) is 6.83. The molecule has 1 aliphatic rings. The zero-order valence-corrected chi connectivity index (χ0v) is 14.5. The predicted octanol–water partition coefficient (Wildman–Crippen LogP) is 1.75. The molecule has 1 aromatic heterocycles. The fourth-order valence-electron chi connectivity index (χ4n) is 3.37. The predicted molar refractivity (Wildman–Crippen MR) is 90.7 cm³/mol. The van der Waals surface area contributed by atoms with Gasteiger partial charge in [-0.15, -0.1) is 0 Å². The van der Waals surface area contributed by atoms with Crippen molar-refractivity contribution in [1.82, 2.24) is 9.13 Å². The van der Waals surface area contributed by atoms with Gasteiger partial charge in [0.25, 0.3) is 5.56 Å². The Morgan fingerprint density at radius 3 is 2.52 bits per heavy atom. The van der Waals surface area contributed by atoms with E-state index in [1.165, 1.54) is 11.6 Å². The van der Waals surface area contributed by atoms with Gasteiger partial charge < -0.3 is 4.90 Å². The highest BCUT2D eigenvalue weighted by Crippen LogP contribution is 2.28. The van der Waals surface area contributed by atoms with Crippen molar-refractivity contribution in [3.63, 3.8) is 0 Å². The van der Waals surface area contributed by atoms with Crippen LogP contribution in [-0.4, -0.2) is 21.7 Å². The van der Waals surface area contributed by atoms with Crippen LogP contribution in [0.4, 0.5) is 5.82 Å². The maximum absolute atomic E-state index is 12.3. The van der Waals surface area contributed by atoms with Gasteiger partial charge in [-0.3, -0.25) is 13.9 Å².